The van der Waals surface area contributed by atoms with Crippen LogP contribution < -0.4 is 0 Å². The Morgan fingerprint density at radius 3 is 2.21 bits per heavy atom. The van der Waals surface area contributed by atoms with Crippen LogP contribution in [0.2, 0.25) is 0 Å². The van der Waals surface area contributed by atoms with Crippen molar-refractivity contribution < 1.29 is 14.3 Å². The molecule has 0 radical (unpaired) electrons. The number of nitrogens with zero attached hydrogens (tertiary/aromatic N) is 1. The fourth-order valence-electron chi connectivity index (χ4n) is 0.965. The second-order valence-corrected chi connectivity index (χ2v) is 4.06. The van der Waals surface area contributed by atoms with E-state index in [1.54, 1.807) is 13.8 Å². The number of hydrogen-bond acceptors (Lipinski definition) is 4. The number of aliphatic imine (C=N–C) groups is 1. The zero-order valence-electron chi connectivity index (χ0n) is 9.75. The fourth-order valence-corrected chi connectivity index (χ4v) is 0.965. The molecule has 4 nitrogen and oxygen atoms in total. The van der Waals surface area contributed by atoms with Crippen molar-refractivity contribution in [1.29, 1.82) is 0 Å². The molecule has 0 aromatic carbocycles. The minimum Gasteiger partial charge on any atom is -0.476 e. The Hall–Kier alpha value is -1.06. The topological polar surface area (TPSA) is 47.9 Å². The molecule has 0 saturated heterocycles. The van der Waals surface area contributed by atoms with E-state index in [1.807, 2.05) is 20.8 Å². The number of esters is 1. The average Bonchev–Trinajstić information content (AvgIpc) is 1.99. The summed E-state index contributed by atoms with van der Waals surface area (Å²) in [5.74, 6) is 0.136. The molecule has 0 amide bonds. The molecular formula is C10H19NO3. The average molecular weight is 201 g/mol. The van der Waals surface area contributed by atoms with Crippen molar-refractivity contribution >= 4 is 11.9 Å². The van der Waals surface area contributed by atoms with Crippen LogP contribution >= 0.6 is 0 Å². The second kappa shape index (κ2) is 4.98. The van der Waals surface area contributed by atoms with Gasteiger partial charge in [-0.25, -0.2) is 9.79 Å². The van der Waals surface area contributed by atoms with Gasteiger partial charge in [-0.1, -0.05) is 0 Å². The molecule has 0 spiro atoms. The Morgan fingerprint density at radius 2 is 1.86 bits per heavy atom. The lowest BCUT2D eigenvalue weighted by Crippen LogP contribution is -2.25. The second-order valence-electron chi connectivity index (χ2n) is 4.06. The van der Waals surface area contributed by atoms with Gasteiger partial charge in [0.15, 0.2) is 5.90 Å². The summed E-state index contributed by atoms with van der Waals surface area (Å²) in [7, 11) is 1.34. The maximum Gasteiger partial charge on any atom is 0.330 e. The van der Waals surface area contributed by atoms with E-state index in [-0.39, 0.29) is 11.6 Å². The monoisotopic (exact) mass is 201 g/mol. The molecule has 1 atom stereocenters. The van der Waals surface area contributed by atoms with Crippen LogP contribution in [0.3, 0.4) is 0 Å². The highest BCUT2D eigenvalue weighted by Crippen LogP contribution is 2.08. The van der Waals surface area contributed by atoms with Crippen molar-refractivity contribution in [2.75, 3.05) is 7.11 Å². The largest absolute Gasteiger partial charge is 0.476 e. The van der Waals surface area contributed by atoms with Crippen LogP contribution in [0.4, 0.5) is 0 Å². The predicted molar refractivity (Wildman–Crippen MR) is 55.4 cm³/mol. The van der Waals surface area contributed by atoms with E-state index in [4.69, 9.17) is 4.74 Å². The SMILES string of the molecule is COC(=O)C(C)N=C(C)OC(C)(C)C. The summed E-state index contributed by atoms with van der Waals surface area (Å²) in [5.41, 5.74) is -0.288. The standard InChI is InChI=1S/C10H19NO3/c1-7(9(12)13-6)11-8(2)14-10(3,4)5/h7H,1-6H3. The summed E-state index contributed by atoms with van der Waals surface area (Å²) in [5, 5.41) is 0. The highest BCUT2D eigenvalue weighted by molar-refractivity contribution is 5.81. The van der Waals surface area contributed by atoms with Crippen LogP contribution in [0, 0.1) is 0 Å². The molecule has 0 aliphatic rings. The van der Waals surface area contributed by atoms with Gasteiger partial charge in [-0.3, -0.25) is 0 Å². The van der Waals surface area contributed by atoms with Crippen molar-refractivity contribution in [3.63, 3.8) is 0 Å². The van der Waals surface area contributed by atoms with Gasteiger partial charge in [0, 0.05) is 6.92 Å². The highest BCUT2D eigenvalue weighted by atomic mass is 16.5. The third-order valence-corrected chi connectivity index (χ3v) is 1.37. The van der Waals surface area contributed by atoms with E-state index in [0.29, 0.717) is 5.90 Å². The van der Waals surface area contributed by atoms with Crippen LogP contribution in [0.1, 0.15) is 34.6 Å². The third-order valence-electron chi connectivity index (χ3n) is 1.37. The zero-order valence-corrected chi connectivity index (χ0v) is 9.75. The number of carbonyl (C=O) groups is 1. The summed E-state index contributed by atoms with van der Waals surface area (Å²) in [6.45, 7) is 9.17. The summed E-state index contributed by atoms with van der Waals surface area (Å²) in [6, 6.07) is -0.512. The summed E-state index contributed by atoms with van der Waals surface area (Å²) >= 11 is 0. The molecule has 0 aliphatic heterocycles. The van der Waals surface area contributed by atoms with E-state index in [1.165, 1.54) is 7.11 Å². The number of hydrogen-bond donors (Lipinski definition) is 0. The summed E-state index contributed by atoms with van der Waals surface area (Å²) < 4.78 is 9.99. The number of methoxy groups -OCH3 is 1. The van der Waals surface area contributed by atoms with E-state index in [9.17, 15) is 4.79 Å². The van der Waals surface area contributed by atoms with Crippen LogP contribution in [0.15, 0.2) is 4.99 Å². The Balaban J connectivity index is 4.30. The number of rotatable bonds is 2. The number of carbonyl (C=O) groups excluding carboxylic acids is 1. The van der Waals surface area contributed by atoms with Crippen LogP contribution in [-0.2, 0) is 14.3 Å². The number of ether oxygens (including phenoxy) is 2. The van der Waals surface area contributed by atoms with Crippen molar-refractivity contribution in [1.82, 2.24) is 0 Å². The molecule has 0 fully saturated rings. The van der Waals surface area contributed by atoms with Crippen LogP contribution in [0.25, 0.3) is 0 Å². The molecule has 0 heterocycles. The maximum absolute atomic E-state index is 11.0. The molecule has 0 N–H and O–H groups in total. The smallest absolute Gasteiger partial charge is 0.330 e. The molecule has 0 saturated carbocycles. The van der Waals surface area contributed by atoms with Gasteiger partial charge in [0.05, 0.1) is 7.11 Å². The van der Waals surface area contributed by atoms with E-state index >= 15 is 0 Å². The molecule has 0 aromatic heterocycles. The molecule has 14 heavy (non-hydrogen) atoms. The van der Waals surface area contributed by atoms with Crippen molar-refractivity contribution in [3.8, 4) is 0 Å². The fraction of sp³-hybridized carbons (Fsp3) is 0.800. The highest BCUT2D eigenvalue weighted by Gasteiger charge is 2.15. The first-order chi connectivity index (χ1) is 6.26. The first kappa shape index (κ1) is 12.9. The third kappa shape index (κ3) is 5.56. The lowest BCUT2D eigenvalue weighted by molar-refractivity contribution is -0.141. The van der Waals surface area contributed by atoms with Gasteiger partial charge in [-0.05, 0) is 27.7 Å². The first-order valence-corrected chi connectivity index (χ1v) is 4.57. The maximum atomic E-state index is 11.0. The Labute approximate surface area is 85.3 Å². The molecule has 0 aliphatic carbocycles. The molecule has 0 rings (SSSR count). The lowest BCUT2D eigenvalue weighted by atomic mass is 10.2. The Morgan fingerprint density at radius 1 is 1.36 bits per heavy atom. The summed E-state index contributed by atoms with van der Waals surface area (Å²) in [6.07, 6.45) is 0. The van der Waals surface area contributed by atoms with E-state index in [2.05, 4.69) is 9.73 Å². The Kier molecular flexibility index (Phi) is 4.60. The van der Waals surface area contributed by atoms with Crippen molar-refractivity contribution in [2.24, 2.45) is 4.99 Å². The predicted octanol–water partition coefficient (Wildman–Crippen LogP) is 1.78. The van der Waals surface area contributed by atoms with Gasteiger partial charge in [-0.15, -0.1) is 0 Å². The lowest BCUT2D eigenvalue weighted by Gasteiger charge is -2.21. The minimum absolute atomic E-state index is 0.288. The van der Waals surface area contributed by atoms with Gasteiger partial charge in [-0.2, -0.15) is 0 Å². The molecule has 4 heteroatoms. The summed E-state index contributed by atoms with van der Waals surface area (Å²) in [4.78, 5) is 15.1. The molecule has 0 bridgehead atoms. The first-order valence-electron chi connectivity index (χ1n) is 4.57. The van der Waals surface area contributed by atoms with E-state index < -0.39 is 6.04 Å². The van der Waals surface area contributed by atoms with Gasteiger partial charge < -0.3 is 9.47 Å². The van der Waals surface area contributed by atoms with Crippen LogP contribution in [0.5, 0.6) is 0 Å². The van der Waals surface area contributed by atoms with Gasteiger partial charge in [0.2, 0.25) is 0 Å². The minimum atomic E-state index is -0.512. The molecule has 1 unspecified atom stereocenters. The molecule has 0 aromatic rings. The normalized spacial score (nSPS) is 14.9. The van der Waals surface area contributed by atoms with E-state index in [0.717, 1.165) is 0 Å². The zero-order chi connectivity index (χ0) is 11.4. The Bertz CT molecular complexity index is 228. The van der Waals surface area contributed by atoms with Gasteiger partial charge in [0.25, 0.3) is 0 Å². The van der Waals surface area contributed by atoms with Gasteiger partial charge >= 0.3 is 5.97 Å². The van der Waals surface area contributed by atoms with Gasteiger partial charge in [0.1, 0.15) is 11.6 Å². The van der Waals surface area contributed by atoms with Crippen molar-refractivity contribution in [2.45, 2.75) is 46.3 Å². The quantitative estimate of drug-likeness (QED) is 0.388. The van der Waals surface area contributed by atoms with Crippen LogP contribution in [-0.4, -0.2) is 30.6 Å². The van der Waals surface area contributed by atoms with Crippen molar-refractivity contribution in [3.05, 3.63) is 0 Å². The molecular weight excluding hydrogens is 182 g/mol. The molecule has 82 valence electrons.